The number of hydrogen-bond acceptors (Lipinski definition) is 3. The molecule has 2 aliphatic carbocycles. The van der Waals surface area contributed by atoms with Crippen LogP contribution in [0.2, 0.25) is 0 Å². The van der Waals surface area contributed by atoms with E-state index in [9.17, 15) is 9.59 Å². The molecule has 5 nitrogen and oxygen atoms in total. The third-order valence-electron chi connectivity index (χ3n) is 3.67. The van der Waals surface area contributed by atoms with E-state index in [2.05, 4.69) is 5.32 Å². The van der Waals surface area contributed by atoms with Crippen LogP contribution >= 0.6 is 0 Å². The number of carbonyl (C=O) groups is 2. The van der Waals surface area contributed by atoms with Crippen LogP contribution in [0.5, 0.6) is 0 Å². The molecule has 0 aromatic heterocycles. The van der Waals surface area contributed by atoms with Crippen LogP contribution in [0.25, 0.3) is 0 Å². The summed E-state index contributed by atoms with van der Waals surface area (Å²) >= 11 is 0. The Labute approximate surface area is 88.0 Å². The zero-order valence-electron chi connectivity index (χ0n) is 8.58. The first kappa shape index (κ1) is 10.4. The minimum Gasteiger partial charge on any atom is -0.480 e. The lowest BCUT2D eigenvalue weighted by atomic mass is 9.73. The molecule has 0 spiro atoms. The second kappa shape index (κ2) is 3.20. The Bertz CT molecular complexity index is 306. The number of aliphatic carboxylic acids is 1. The highest BCUT2D eigenvalue weighted by atomic mass is 16.4. The molecule has 0 aromatic rings. The molecule has 0 heterocycles. The fourth-order valence-electron chi connectivity index (χ4n) is 2.05. The monoisotopic (exact) mass is 212 g/mol. The van der Waals surface area contributed by atoms with Gasteiger partial charge < -0.3 is 16.2 Å². The minimum atomic E-state index is -1.03. The molecule has 0 atom stereocenters. The predicted octanol–water partition coefficient (Wildman–Crippen LogP) is -0.00870. The maximum Gasteiger partial charge on any atom is 0.329 e. The van der Waals surface area contributed by atoms with Crippen molar-refractivity contribution in [3.8, 4) is 0 Å². The summed E-state index contributed by atoms with van der Waals surface area (Å²) in [6.07, 6.45) is 4.16. The summed E-state index contributed by atoms with van der Waals surface area (Å²) in [6, 6.07) is 0. The lowest BCUT2D eigenvalue weighted by molar-refractivity contribution is -0.153. The average molecular weight is 212 g/mol. The fourth-order valence-corrected chi connectivity index (χ4v) is 2.05. The lowest BCUT2D eigenvalue weighted by Gasteiger charge is -2.43. The molecule has 0 radical (unpaired) electrons. The number of carbonyl (C=O) groups excluding carboxylic acids is 1. The zero-order chi connectivity index (χ0) is 11.1. The van der Waals surface area contributed by atoms with E-state index in [1.165, 1.54) is 0 Å². The first-order valence-electron chi connectivity index (χ1n) is 5.33. The normalized spacial score (nSPS) is 25.9. The predicted molar refractivity (Wildman–Crippen MR) is 53.1 cm³/mol. The first-order chi connectivity index (χ1) is 6.99. The summed E-state index contributed by atoms with van der Waals surface area (Å²) < 4.78 is 0. The van der Waals surface area contributed by atoms with Crippen molar-refractivity contribution in [3.63, 3.8) is 0 Å². The SMILES string of the molecule is NC1(C(=O)NC2(C(=O)O)CCC2)CCC1. The van der Waals surface area contributed by atoms with Crippen molar-refractivity contribution >= 4 is 11.9 Å². The van der Waals surface area contributed by atoms with Crippen LogP contribution in [-0.4, -0.2) is 28.1 Å². The molecular weight excluding hydrogens is 196 g/mol. The van der Waals surface area contributed by atoms with Crippen molar-refractivity contribution in [1.82, 2.24) is 5.32 Å². The molecule has 2 fully saturated rings. The van der Waals surface area contributed by atoms with E-state index in [-0.39, 0.29) is 5.91 Å². The molecular formula is C10H16N2O3. The zero-order valence-corrected chi connectivity index (χ0v) is 8.58. The van der Waals surface area contributed by atoms with Crippen molar-refractivity contribution in [2.75, 3.05) is 0 Å². The number of amides is 1. The molecule has 0 bridgehead atoms. The Morgan fingerprint density at radius 3 is 1.93 bits per heavy atom. The molecule has 1 amide bonds. The molecule has 2 saturated carbocycles. The topological polar surface area (TPSA) is 92.4 Å². The molecule has 4 N–H and O–H groups in total. The Balaban J connectivity index is 2.01. The average Bonchev–Trinajstić information content (AvgIpc) is 2.06. The van der Waals surface area contributed by atoms with Crippen LogP contribution in [0.3, 0.4) is 0 Å². The number of carboxylic acid groups (broad SMARTS) is 1. The molecule has 0 unspecified atom stereocenters. The number of nitrogens with two attached hydrogens (primary N) is 1. The van der Waals surface area contributed by atoms with E-state index in [1.54, 1.807) is 0 Å². The van der Waals surface area contributed by atoms with Crippen molar-refractivity contribution < 1.29 is 14.7 Å². The maximum atomic E-state index is 11.8. The number of rotatable bonds is 3. The summed E-state index contributed by atoms with van der Waals surface area (Å²) in [5.41, 5.74) is 3.99. The van der Waals surface area contributed by atoms with Gasteiger partial charge in [-0.25, -0.2) is 4.79 Å². The van der Waals surface area contributed by atoms with Gasteiger partial charge in [0, 0.05) is 0 Å². The first-order valence-corrected chi connectivity index (χ1v) is 5.33. The van der Waals surface area contributed by atoms with E-state index >= 15 is 0 Å². The third-order valence-corrected chi connectivity index (χ3v) is 3.67. The van der Waals surface area contributed by atoms with Gasteiger partial charge in [-0.15, -0.1) is 0 Å². The Morgan fingerprint density at radius 2 is 1.67 bits per heavy atom. The Morgan fingerprint density at radius 1 is 1.13 bits per heavy atom. The molecule has 0 aromatic carbocycles. The summed E-state index contributed by atoms with van der Waals surface area (Å²) in [7, 11) is 0. The van der Waals surface area contributed by atoms with Gasteiger partial charge in [-0.3, -0.25) is 4.79 Å². The summed E-state index contributed by atoms with van der Waals surface area (Å²) in [4.78, 5) is 22.8. The van der Waals surface area contributed by atoms with Gasteiger partial charge in [0.15, 0.2) is 0 Å². The van der Waals surface area contributed by atoms with Crippen molar-refractivity contribution in [2.45, 2.75) is 49.6 Å². The largest absolute Gasteiger partial charge is 0.480 e. The standard InChI is InChI=1S/C10H16N2O3/c11-9(3-1-4-9)7(13)12-10(8(14)15)5-2-6-10/h1-6,11H2,(H,12,13)(H,14,15). The number of carboxylic acids is 1. The second-order valence-electron chi connectivity index (χ2n) is 4.70. The molecule has 84 valence electrons. The van der Waals surface area contributed by atoms with Crippen LogP contribution in [0, 0.1) is 0 Å². The van der Waals surface area contributed by atoms with E-state index < -0.39 is 17.0 Å². The van der Waals surface area contributed by atoms with Gasteiger partial charge >= 0.3 is 5.97 Å². The van der Waals surface area contributed by atoms with Crippen molar-refractivity contribution in [2.24, 2.45) is 5.73 Å². The molecule has 0 aliphatic heterocycles. The molecule has 15 heavy (non-hydrogen) atoms. The van der Waals surface area contributed by atoms with Crippen LogP contribution < -0.4 is 11.1 Å². The maximum absolute atomic E-state index is 11.8. The van der Waals surface area contributed by atoms with Crippen LogP contribution in [-0.2, 0) is 9.59 Å². The third kappa shape index (κ3) is 1.51. The number of nitrogens with one attached hydrogen (secondary N) is 1. The number of hydrogen-bond donors (Lipinski definition) is 3. The Kier molecular flexibility index (Phi) is 2.22. The molecule has 2 aliphatic rings. The van der Waals surface area contributed by atoms with E-state index in [0.717, 1.165) is 12.8 Å². The highest BCUT2D eigenvalue weighted by molar-refractivity contribution is 5.93. The Hall–Kier alpha value is -1.10. The summed E-state index contributed by atoms with van der Waals surface area (Å²) in [5, 5.41) is 11.6. The van der Waals surface area contributed by atoms with Crippen molar-refractivity contribution in [1.29, 1.82) is 0 Å². The van der Waals surface area contributed by atoms with Crippen LogP contribution in [0.4, 0.5) is 0 Å². The minimum absolute atomic E-state index is 0.296. The van der Waals surface area contributed by atoms with Gasteiger partial charge in [-0.2, -0.15) is 0 Å². The van der Waals surface area contributed by atoms with Gasteiger partial charge in [0.05, 0.1) is 5.54 Å². The van der Waals surface area contributed by atoms with Gasteiger partial charge in [-0.1, -0.05) is 0 Å². The molecule has 0 saturated heterocycles. The van der Waals surface area contributed by atoms with Crippen LogP contribution in [0.15, 0.2) is 0 Å². The molecule has 5 heteroatoms. The second-order valence-corrected chi connectivity index (χ2v) is 4.70. The lowest BCUT2D eigenvalue weighted by Crippen LogP contribution is -2.67. The van der Waals surface area contributed by atoms with Gasteiger partial charge in [0.2, 0.25) is 5.91 Å². The van der Waals surface area contributed by atoms with Crippen molar-refractivity contribution in [3.05, 3.63) is 0 Å². The summed E-state index contributed by atoms with van der Waals surface area (Å²) in [5.74, 6) is -1.24. The van der Waals surface area contributed by atoms with Gasteiger partial charge in [0.25, 0.3) is 0 Å². The highest BCUT2D eigenvalue weighted by Gasteiger charge is 2.50. The fraction of sp³-hybridized carbons (Fsp3) is 0.800. The quantitative estimate of drug-likeness (QED) is 0.613. The van der Waals surface area contributed by atoms with E-state index in [4.69, 9.17) is 10.8 Å². The van der Waals surface area contributed by atoms with E-state index in [1.807, 2.05) is 0 Å². The summed E-state index contributed by atoms with van der Waals surface area (Å²) in [6.45, 7) is 0. The van der Waals surface area contributed by atoms with Gasteiger partial charge in [0.1, 0.15) is 5.54 Å². The van der Waals surface area contributed by atoms with Gasteiger partial charge in [-0.05, 0) is 38.5 Å². The molecule has 2 rings (SSSR count). The van der Waals surface area contributed by atoms with Crippen LogP contribution in [0.1, 0.15) is 38.5 Å². The van der Waals surface area contributed by atoms with E-state index in [0.29, 0.717) is 25.7 Å². The highest BCUT2D eigenvalue weighted by Crippen LogP contribution is 2.35. The smallest absolute Gasteiger partial charge is 0.329 e.